The van der Waals surface area contributed by atoms with Crippen LogP contribution in [0.3, 0.4) is 0 Å². The molecular weight excluding hydrogens is 433 g/mol. The van der Waals surface area contributed by atoms with Crippen molar-refractivity contribution in [1.29, 1.82) is 0 Å². The van der Waals surface area contributed by atoms with Gasteiger partial charge in [0.15, 0.2) is 0 Å². The van der Waals surface area contributed by atoms with Crippen LogP contribution in [0.4, 0.5) is 4.39 Å². The Kier molecular flexibility index (Phi) is 4.98. The van der Waals surface area contributed by atoms with Crippen molar-refractivity contribution in [3.63, 3.8) is 0 Å². The highest BCUT2D eigenvalue weighted by Gasteiger charge is 2.32. The summed E-state index contributed by atoms with van der Waals surface area (Å²) >= 11 is 0. The van der Waals surface area contributed by atoms with Crippen LogP contribution in [-0.2, 0) is 21.2 Å². The van der Waals surface area contributed by atoms with Crippen molar-refractivity contribution in [3.05, 3.63) is 59.8 Å². The molecule has 0 atom stereocenters. The van der Waals surface area contributed by atoms with Crippen LogP contribution in [0, 0.1) is 12.7 Å². The Balaban J connectivity index is 1.30. The number of sulfonamides is 1. The summed E-state index contributed by atoms with van der Waals surface area (Å²) in [7, 11) is -3.71. The lowest BCUT2D eigenvalue weighted by Gasteiger charge is -2.34. The first-order valence-electron chi connectivity index (χ1n) is 10.3. The molecule has 3 aromatic heterocycles. The summed E-state index contributed by atoms with van der Waals surface area (Å²) in [5, 5.41) is 1.25. The Morgan fingerprint density at radius 1 is 1.16 bits per heavy atom. The lowest BCUT2D eigenvalue weighted by atomic mass is 10.1. The van der Waals surface area contributed by atoms with E-state index in [2.05, 4.69) is 15.0 Å². The van der Waals surface area contributed by atoms with E-state index in [0.29, 0.717) is 29.5 Å². The average Bonchev–Trinajstić information content (AvgIpc) is 3.35. The molecule has 166 valence electrons. The van der Waals surface area contributed by atoms with Crippen molar-refractivity contribution in [2.75, 3.05) is 26.2 Å². The fourth-order valence-electron chi connectivity index (χ4n) is 4.31. The third-order valence-electron chi connectivity index (χ3n) is 6.03. The number of carbonyl (C=O) groups is 1. The lowest BCUT2D eigenvalue weighted by Crippen LogP contribution is -2.50. The minimum Gasteiger partial charge on any atom is -0.358 e. The zero-order chi connectivity index (χ0) is 22.5. The number of nitrogens with zero attached hydrogens (tertiary/aromatic N) is 3. The number of halogens is 1. The summed E-state index contributed by atoms with van der Waals surface area (Å²) in [5.74, 6) is -0.455. The Bertz CT molecular complexity index is 1430. The van der Waals surface area contributed by atoms with E-state index in [0.717, 1.165) is 16.8 Å². The summed E-state index contributed by atoms with van der Waals surface area (Å²) in [4.78, 5) is 25.0. The maximum Gasteiger partial charge on any atom is 0.245 e. The van der Waals surface area contributed by atoms with Crippen LogP contribution in [0.1, 0.15) is 11.3 Å². The molecule has 0 aliphatic carbocycles. The maximum atomic E-state index is 13.7. The number of aromatic nitrogens is 3. The molecule has 32 heavy (non-hydrogen) atoms. The number of amides is 1. The van der Waals surface area contributed by atoms with Crippen molar-refractivity contribution >= 4 is 37.9 Å². The van der Waals surface area contributed by atoms with Crippen molar-refractivity contribution < 1.29 is 17.6 Å². The minimum absolute atomic E-state index is 0.105. The second-order valence-electron chi connectivity index (χ2n) is 7.93. The quantitative estimate of drug-likeness (QED) is 0.494. The molecule has 4 aromatic rings. The SMILES string of the molecule is Cc1[nH]c2ccc(F)cc2c1CC(=O)N1CCN(S(=O)(=O)c2c[nH]c3ncccc23)CC1. The van der Waals surface area contributed by atoms with Crippen LogP contribution in [0.25, 0.3) is 21.9 Å². The van der Waals surface area contributed by atoms with E-state index in [1.807, 2.05) is 6.92 Å². The van der Waals surface area contributed by atoms with Gasteiger partial charge >= 0.3 is 0 Å². The number of hydrogen-bond acceptors (Lipinski definition) is 4. The van der Waals surface area contributed by atoms with Crippen molar-refractivity contribution in [2.24, 2.45) is 0 Å². The van der Waals surface area contributed by atoms with Gasteiger partial charge in [0.1, 0.15) is 16.4 Å². The monoisotopic (exact) mass is 455 g/mol. The van der Waals surface area contributed by atoms with E-state index >= 15 is 0 Å². The number of aryl methyl sites for hydroxylation is 1. The fraction of sp³-hybridized carbons (Fsp3) is 0.273. The number of H-pyrrole nitrogens is 2. The van der Waals surface area contributed by atoms with Gasteiger partial charge in [0.25, 0.3) is 0 Å². The molecule has 0 bridgehead atoms. The number of aromatic amines is 2. The molecule has 0 unspecified atom stereocenters. The smallest absolute Gasteiger partial charge is 0.245 e. The molecule has 1 aliphatic heterocycles. The number of benzene rings is 1. The number of hydrogen-bond donors (Lipinski definition) is 2. The Morgan fingerprint density at radius 2 is 1.94 bits per heavy atom. The molecule has 1 aromatic carbocycles. The lowest BCUT2D eigenvalue weighted by molar-refractivity contribution is -0.131. The number of fused-ring (bicyclic) bond motifs is 2. The summed E-state index contributed by atoms with van der Waals surface area (Å²) in [5.41, 5.74) is 2.90. The van der Waals surface area contributed by atoms with Gasteiger partial charge < -0.3 is 14.9 Å². The minimum atomic E-state index is -3.71. The second kappa shape index (κ2) is 7.72. The molecule has 10 heteroatoms. The first kappa shape index (κ1) is 20.7. The molecule has 4 heterocycles. The van der Waals surface area contributed by atoms with Gasteiger partial charge in [0.2, 0.25) is 15.9 Å². The molecule has 1 amide bonds. The normalized spacial score (nSPS) is 15.6. The standard InChI is InChI=1S/C22H22FN5O3S/c1-14-17(18-11-15(23)4-5-19(18)26-14)12-21(29)27-7-9-28(10-8-27)32(30,31)20-13-25-22-16(20)3-2-6-24-22/h2-6,11,13,26H,7-10,12H2,1H3,(H,24,25). The molecule has 0 saturated carbocycles. The summed E-state index contributed by atoms with van der Waals surface area (Å²) in [6, 6.07) is 7.90. The van der Waals surface area contributed by atoms with E-state index in [9.17, 15) is 17.6 Å². The van der Waals surface area contributed by atoms with Crippen LogP contribution in [0.2, 0.25) is 0 Å². The highest BCUT2D eigenvalue weighted by molar-refractivity contribution is 7.89. The molecule has 5 rings (SSSR count). The van der Waals surface area contributed by atoms with Crippen LogP contribution < -0.4 is 0 Å². The number of rotatable bonds is 4. The van der Waals surface area contributed by atoms with E-state index in [1.54, 1.807) is 29.3 Å². The first-order valence-corrected chi connectivity index (χ1v) is 11.8. The van der Waals surface area contributed by atoms with Crippen LogP contribution in [0.5, 0.6) is 0 Å². The Morgan fingerprint density at radius 3 is 2.72 bits per heavy atom. The van der Waals surface area contributed by atoms with Gasteiger partial charge in [-0.3, -0.25) is 4.79 Å². The van der Waals surface area contributed by atoms with Crippen LogP contribution in [0.15, 0.2) is 47.6 Å². The average molecular weight is 456 g/mol. The fourth-order valence-corrected chi connectivity index (χ4v) is 5.88. The predicted octanol–water partition coefficient (Wildman–Crippen LogP) is 2.57. The molecule has 0 spiro atoms. The summed E-state index contributed by atoms with van der Waals surface area (Å²) in [6.45, 7) is 2.88. The molecule has 1 aliphatic rings. The van der Waals surface area contributed by atoms with Crippen molar-refractivity contribution in [2.45, 2.75) is 18.2 Å². The summed E-state index contributed by atoms with van der Waals surface area (Å²) < 4.78 is 41.4. The predicted molar refractivity (Wildman–Crippen MR) is 118 cm³/mol. The first-order chi connectivity index (χ1) is 15.3. The van der Waals surface area contributed by atoms with Gasteiger partial charge in [-0.25, -0.2) is 17.8 Å². The largest absolute Gasteiger partial charge is 0.358 e. The second-order valence-corrected chi connectivity index (χ2v) is 9.84. The Hall–Kier alpha value is -3.24. The number of pyridine rings is 1. The van der Waals surface area contributed by atoms with Crippen molar-refractivity contribution in [3.8, 4) is 0 Å². The van der Waals surface area contributed by atoms with E-state index in [4.69, 9.17) is 0 Å². The number of piperazine rings is 1. The highest BCUT2D eigenvalue weighted by Crippen LogP contribution is 2.26. The van der Waals surface area contributed by atoms with Crippen LogP contribution in [-0.4, -0.2) is 64.7 Å². The van der Waals surface area contributed by atoms with Crippen LogP contribution >= 0.6 is 0 Å². The number of carbonyl (C=O) groups excluding carboxylic acids is 1. The maximum absolute atomic E-state index is 13.7. The zero-order valence-electron chi connectivity index (χ0n) is 17.4. The van der Waals surface area contributed by atoms with Gasteiger partial charge in [-0.2, -0.15) is 4.31 Å². The molecule has 1 saturated heterocycles. The topological polar surface area (TPSA) is 102 Å². The van der Waals surface area contributed by atoms with Gasteiger partial charge in [0.05, 0.1) is 6.42 Å². The summed E-state index contributed by atoms with van der Waals surface area (Å²) in [6.07, 6.45) is 3.20. The van der Waals surface area contributed by atoms with Gasteiger partial charge in [-0.1, -0.05) is 0 Å². The Labute approximate surface area is 184 Å². The van der Waals surface area contributed by atoms with Gasteiger partial charge in [-0.15, -0.1) is 0 Å². The third-order valence-corrected chi connectivity index (χ3v) is 7.97. The van der Waals surface area contributed by atoms with E-state index in [1.165, 1.54) is 22.6 Å². The molecule has 0 radical (unpaired) electrons. The molecule has 8 nitrogen and oxygen atoms in total. The molecule has 1 fully saturated rings. The van der Waals surface area contributed by atoms with E-state index in [-0.39, 0.29) is 36.1 Å². The van der Waals surface area contributed by atoms with Crippen molar-refractivity contribution in [1.82, 2.24) is 24.2 Å². The zero-order valence-corrected chi connectivity index (χ0v) is 18.2. The van der Waals surface area contributed by atoms with Gasteiger partial charge in [0, 0.05) is 60.6 Å². The molecule has 2 N–H and O–H groups in total. The number of nitrogens with one attached hydrogen (secondary N) is 2. The highest BCUT2D eigenvalue weighted by atomic mass is 32.2. The van der Waals surface area contributed by atoms with E-state index < -0.39 is 10.0 Å². The third kappa shape index (κ3) is 3.45. The molecular formula is C22H22FN5O3S. The van der Waals surface area contributed by atoms with Gasteiger partial charge in [-0.05, 0) is 42.8 Å².